The van der Waals surface area contributed by atoms with Crippen molar-refractivity contribution in [2.45, 2.75) is 87.8 Å². The zero-order chi connectivity index (χ0) is 38.7. The molecule has 0 radical (unpaired) electrons. The molecule has 4 N–H and O–H groups in total. The predicted molar refractivity (Wildman–Crippen MR) is 201 cm³/mol. The van der Waals surface area contributed by atoms with Gasteiger partial charge in [0.05, 0.1) is 28.4 Å². The Morgan fingerprint density at radius 1 is 0.846 bits per heavy atom. The second-order valence-corrected chi connectivity index (χ2v) is 21.4. The summed E-state index contributed by atoms with van der Waals surface area (Å²) < 4.78 is 128. The molecule has 2 unspecified atom stereocenters. The van der Waals surface area contributed by atoms with E-state index < -0.39 is 68.9 Å². The molecule has 17 heteroatoms. The molecule has 2 aromatic rings. The van der Waals surface area contributed by atoms with Gasteiger partial charge in [-0.3, -0.25) is 13.7 Å². The van der Waals surface area contributed by atoms with Gasteiger partial charge in [-0.05, 0) is 80.5 Å². The van der Waals surface area contributed by atoms with E-state index in [-0.39, 0.29) is 28.0 Å². The van der Waals surface area contributed by atoms with Crippen molar-refractivity contribution in [2.75, 3.05) is 24.6 Å². The van der Waals surface area contributed by atoms with Crippen molar-refractivity contribution in [1.82, 2.24) is 9.21 Å². The van der Waals surface area contributed by atoms with Gasteiger partial charge >= 0.3 is 10.1 Å². The maximum Gasteiger partial charge on any atom is 0.320 e. The highest BCUT2D eigenvalue weighted by Crippen LogP contribution is 2.57. The lowest BCUT2D eigenvalue weighted by Crippen LogP contribution is -2.55. The quantitative estimate of drug-likeness (QED) is 0.120. The summed E-state index contributed by atoms with van der Waals surface area (Å²) in [6.07, 6.45) is 7.67. The summed E-state index contributed by atoms with van der Waals surface area (Å²) in [5.74, 6) is -1.15. The van der Waals surface area contributed by atoms with Crippen LogP contribution in [0.1, 0.15) is 82.1 Å². The number of rotatable bonds is 13. The molecular formula is C35H47N2O11S4+. The highest BCUT2D eigenvalue weighted by Gasteiger charge is 2.62. The molecule has 0 aromatic heterocycles. The summed E-state index contributed by atoms with van der Waals surface area (Å²) in [4.78, 5) is -0.170. The van der Waals surface area contributed by atoms with Gasteiger partial charge in [0, 0.05) is 36.4 Å². The predicted octanol–water partition coefficient (Wildman–Crippen LogP) is 5.01. The number of unbranched alkanes of at least 4 members (excludes halogenated alkanes) is 1. The largest absolute Gasteiger partial charge is 0.320 e. The minimum absolute atomic E-state index is 0.170. The first-order chi connectivity index (χ1) is 23.8. The van der Waals surface area contributed by atoms with Gasteiger partial charge in [0.25, 0.3) is 20.2 Å². The average Bonchev–Trinajstić information content (AvgIpc) is 3.59. The van der Waals surface area contributed by atoms with Crippen molar-refractivity contribution in [3.63, 3.8) is 0 Å². The minimum Gasteiger partial charge on any atom is -0.286 e. The second-order valence-electron chi connectivity index (χ2n) is 14.9. The van der Waals surface area contributed by atoms with E-state index in [1.165, 1.54) is 12.1 Å². The van der Waals surface area contributed by atoms with Crippen molar-refractivity contribution in [2.24, 2.45) is 0 Å². The van der Waals surface area contributed by atoms with E-state index in [1.54, 1.807) is 6.07 Å². The fourth-order valence-corrected chi connectivity index (χ4v) is 11.7. The normalized spacial score (nSPS) is 23.6. The molecule has 2 heterocycles. The molecule has 2 aromatic carbocycles. The van der Waals surface area contributed by atoms with Crippen molar-refractivity contribution in [3.8, 4) is 0 Å². The van der Waals surface area contributed by atoms with Crippen LogP contribution < -0.4 is 9.21 Å². The van der Waals surface area contributed by atoms with Gasteiger partial charge in [-0.1, -0.05) is 49.8 Å². The van der Waals surface area contributed by atoms with Crippen LogP contribution in [0.4, 0.5) is 5.69 Å². The van der Waals surface area contributed by atoms with Gasteiger partial charge in [-0.2, -0.15) is 25.3 Å². The first-order valence-electron chi connectivity index (χ1n) is 17.0. The van der Waals surface area contributed by atoms with E-state index in [2.05, 4.69) is 30.7 Å². The van der Waals surface area contributed by atoms with Crippen LogP contribution in [0.25, 0.3) is 5.57 Å². The number of nitrogens with one attached hydrogen (secondary N) is 1. The minimum atomic E-state index is -4.59. The summed E-state index contributed by atoms with van der Waals surface area (Å²) in [5.41, 5.74) is 5.60. The summed E-state index contributed by atoms with van der Waals surface area (Å²) in [5, 5.41) is -1.24. The number of sulfonamides is 1. The van der Waals surface area contributed by atoms with Crippen LogP contribution in [0.3, 0.4) is 0 Å². The number of hydrogen-bond donors (Lipinski definition) is 4. The Morgan fingerprint density at radius 3 is 2.15 bits per heavy atom. The highest BCUT2D eigenvalue weighted by atomic mass is 32.2. The van der Waals surface area contributed by atoms with E-state index in [9.17, 15) is 42.8 Å². The molecule has 1 saturated heterocycles. The molecule has 1 aliphatic carbocycles. The van der Waals surface area contributed by atoms with E-state index in [0.717, 1.165) is 27.8 Å². The number of allylic oxidation sites excluding steroid dienone is 6. The molecule has 1 fully saturated rings. The fraction of sp³-hybridized carbons (Fsp3) is 0.486. The van der Waals surface area contributed by atoms with Crippen LogP contribution in [-0.2, 0) is 51.2 Å². The first-order valence-corrected chi connectivity index (χ1v) is 23.2. The zero-order valence-electron chi connectivity index (χ0n) is 29.8. The van der Waals surface area contributed by atoms with Gasteiger partial charge in [-0.25, -0.2) is 17.6 Å². The molecule has 13 nitrogen and oxygen atoms in total. The van der Waals surface area contributed by atoms with Gasteiger partial charge in [0.15, 0.2) is 0 Å². The standard InChI is InChI=1S/C35H46N2O11S4/c1-24-14-16-27-26(10-6-7-20-49(38,39)40)28(34(2,3)29(27)22-24)11-8-12-32-35(4,5)30-23-25(51(44,45)36-18-21-50(41,42)43)15-17-31(30)37(32)19-9-13-33(37)52(46,47)48/h8,11-12,14-17,22-23,33,36H,6-7,9-10,13,18-21H2,1-5H3,(H2-,38,39,40,41,42,43,46,47,48)/p+1/b11-8?,32-12+. The average molecular weight is 800 g/mol. The Bertz CT molecular complexity index is 2330. The molecular weight excluding hydrogens is 753 g/mol. The Morgan fingerprint density at radius 2 is 1.52 bits per heavy atom. The highest BCUT2D eigenvalue weighted by molar-refractivity contribution is 7.89. The van der Waals surface area contributed by atoms with E-state index in [0.29, 0.717) is 42.8 Å². The van der Waals surface area contributed by atoms with Crippen molar-refractivity contribution < 1.29 is 47.3 Å². The number of hydrogen-bond acceptors (Lipinski definition) is 8. The Kier molecular flexibility index (Phi) is 10.8. The van der Waals surface area contributed by atoms with E-state index in [4.69, 9.17) is 4.55 Å². The molecule has 1 spiro atoms. The maximum atomic E-state index is 13.2. The summed E-state index contributed by atoms with van der Waals surface area (Å²) >= 11 is 0. The van der Waals surface area contributed by atoms with Crippen LogP contribution >= 0.6 is 0 Å². The number of quaternary nitrogens is 1. The second kappa shape index (κ2) is 13.8. The number of fused-ring (bicyclic) bond motifs is 3. The lowest BCUT2D eigenvalue weighted by molar-refractivity contribution is 0.336. The third-order valence-corrected chi connectivity index (χ3v) is 14.9. The van der Waals surface area contributed by atoms with Gasteiger partial charge < -0.3 is 0 Å². The third kappa shape index (κ3) is 7.75. The molecule has 0 bridgehead atoms. The SMILES string of the molecule is Cc1ccc2c(c1)C(C)(C)C(C=C/C=C1\C(C)(C)c3cc(S(=O)(=O)NCCS(=O)(=O)O)ccc3[N+]13CCCC3S(=O)(=O)O)=C2CCCCS(=O)(=O)O. The molecule has 5 rings (SSSR count). The number of nitrogens with zero attached hydrogens (tertiary/aromatic N) is 1. The smallest absolute Gasteiger partial charge is 0.286 e. The Hall–Kier alpha value is -2.74. The molecule has 0 saturated carbocycles. The van der Waals surface area contributed by atoms with Crippen LogP contribution in [0, 0.1) is 6.92 Å². The molecule has 3 aliphatic rings. The van der Waals surface area contributed by atoms with Crippen molar-refractivity contribution >= 4 is 51.6 Å². The van der Waals surface area contributed by atoms with Crippen molar-refractivity contribution in [1.29, 1.82) is 0 Å². The topological polar surface area (TPSA) is 209 Å². The Balaban J connectivity index is 1.62. The third-order valence-electron chi connectivity index (χ3n) is 10.7. The van der Waals surface area contributed by atoms with Crippen molar-refractivity contribution in [3.05, 3.63) is 88.2 Å². The summed E-state index contributed by atoms with van der Waals surface area (Å²) in [7, 11) is -17.3. The van der Waals surface area contributed by atoms with Crippen LogP contribution in [-0.4, -0.2) is 77.3 Å². The van der Waals surface area contributed by atoms with Crippen LogP contribution in [0.5, 0.6) is 0 Å². The van der Waals surface area contributed by atoms with Gasteiger partial charge in [0.1, 0.15) is 11.4 Å². The number of aryl methyl sites for hydroxylation is 1. The monoisotopic (exact) mass is 799 g/mol. The summed E-state index contributed by atoms with van der Waals surface area (Å²) in [6.45, 7) is 9.71. The number of benzene rings is 2. The van der Waals surface area contributed by atoms with E-state index >= 15 is 0 Å². The zero-order valence-corrected chi connectivity index (χ0v) is 33.1. The molecule has 2 atom stereocenters. The lowest BCUT2D eigenvalue weighted by atomic mass is 9.80. The fourth-order valence-electron chi connectivity index (χ4n) is 8.34. The Labute approximate surface area is 307 Å². The lowest BCUT2D eigenvalue weighted by Gasteiger charge is -2.37. The first kappa shape index (κ1) is 40.4. The molecule has 0 amide bonds. The van der Waals surface area contributed by atoms with Crippen LogP contribution in [0.15, 0.2) is 70.8 Å². The van der Waals surface area contributed by atoms with Gasteiger partial charge in [0.2, 0.25) is 15.4 Å². The van der Waals surface area contributed by atoms with Crippen LogP contribution in [0.2, 0.25) is 0 Å². The molecule has 286 valence electrons. The van der Waals surface area contributed by atoms with Gasteiger partial charge in [-0.15, -0.1) is 0 Å². The summed E-state index contributed by atoms with van der Waals surface area (Å²) in [6, 6.07) is 10.5. The van der Waals surface area contributed by atoms with E-state index in [1.807, 2.05) is 45.1 Å². The molecule has 2 aliphatic heterocycles. The maximum absolute atomic E-state index is 13.2. The molecule has 52 heavy (non-hydrogen) atoms.